The number of ether oxygens (including phenoxy) is 1. The van der Waals surface area contributed by atoms with Gasteiger partial charge >= 0.3 is 5.97 Å². The molecule has 6 heteroatoms. The molecule has 2 amide bonds. The first-order valence-electron chi connectivity index (χ1n) is 11.2. The number of carbonyl (C=O) groups excluding carboxylic acids is 3. The van der Waals surface area contributed by atoms with Gasteiger partial charge in [0.05, 0.1) is 12.5 Å². The second kappa shape index (κ2) is 8.03. The van der Waals surface area contributed by atoms with Crippen LogP contribution in [0, 0.1) is 29.1 Å². The van der Waals surface area contributed by atoms with Gasteiger partial charge in [0.1, 0.15) is 0 Å². The first kappa shape index (κ1) is 19.7. The van der Waals surface area contributed by atoms with Gasteiger partial charge in [-0.05, 0) is 76.0 Å². The Labute approximate surface area is 167 Å². The third-order valence-corrected chi connectivity index (χ3v) is 7.61. The molecule has 1 aliphatic heterocycles. The number of nitrogens with one attached hydrogen (secondary N) is 1. The zero-order valence-electron chi connectivity index (χ0n) is 17.1. The largest absolute Gasteiger partial charge is 0.466 e. The Bertz CT molecular complexity index is 589. The van der Waals surface area contributed by atoms with E-state index in [0.717, 1.165) is 37.0 Å². The van der Waals surface area contributed by atoms with Crippen molar-refractivity contribution in [1.29, 1.82) is 0 Å². The molecular formula is C22H34N2O4. The molecule has 6 nitrogen and oxygen atoms in total. The lowest BCUT2D eigenvalue weighted by Crippen LogP contribution is -2.54. The van der Waals surface area contributed by atoms with E-state index in [4.69, 9.17) is 4.74 Å². The number of likely N-dealkylation sites (tertiary alicyclic amines) is 1. The van der Waals surface area contributed by atoms with Crippen molar-refractivity contribution < 1.29 is 19.1 Å². The van der Waals surface area contributed by atoms with Gasteiger partial charge in [-0.15, -0.1) is 0 Å². The molecule has 1 N–H and O–H groups in total. The molecule has 0 aromatic rings. The van der Waals surface area contributed by atoms with Crippen molar-refractivity contribution in [3.05, 3.63) is 0 Å². The number of nitrogens with zero attached hydrogens (tertiary/aromatic N) is 1. The number of hydrogen-bond donors (Lipinski definition) is 1. The molecule has 0 aromatic heterocycles. The van der Waals surface area contributed by atoms with Crippen LogP contribution in [-0.2, 0) is 19.1 Å². The highest BCUT2D eigenvalue weighted by atomic mass is 16.5. The van der Waals surface area contributed by atoms with Crippen LogP contribution in [0.2, 0.25) is 0 Å². The van der Waals surface area contributed by atoms with Crippen LogP contribution in [0.3, 0.4) is 0 Å². The number of hydrogen-bond acceptors (Lipinski definition) is 4. The Hall–Kier alpha value is -1.59. The topological polar surface area (TPSA) is 75.7 Å². The zero-order valence-corrected chi connectivity index (χ0v) is 17.1. The molecule has 28 heavy (non-hydrogen) atoms. The van der Waals surface area contributed by atoms with E-state index >= 15 is 0 Å². The summed E-state index contributed by atoms with van der Waals surface area (Å²) < 4.78 is 5.08. The lowest BCUT2D eigenvalue weighted by molar-refractivity contribution is -0.151. The molecular weight excluding hydrogens is 356 g/mol. The summed E-state index contributed by atoms with van der Waals surface area (Å²) in [7, 11) is 0. The van der Waals surface area contributed by atoms with Gasteiger partial charge in [0.25, 0.3) is 0 Å². The van der Waals surface area contributed by atoms with Gasteiger partial charge < -0.3 is 15.0 Å². The molecule has 0 radical (unpaired) electrons. The summed E-state index contributed by atoms with van der Waals surface area (Å²) in [5.74, 6) is 2.30. The number of esters is 1. The molecule has 4 bridgehead atoms. The van der Waals surface area contributed by atoms with Crippen LogP contribution in [-0.4, -0.2) is 48.9 Å². The van der Waals surface area contributed by atoms with E-state index in [1.165, 1.54) is 19.3 Å². The van der Waals surface area contributed by atoms with Crippen molar-refractivity contribution in [1.82, 2.24) is 10.2 Å². The zero-order chi connectivity index (χ0) is 19.7. The van der Waals surface area contributed by atoms with Gasteiger partial charge in [0.15, 0.2) is 0 Å². The van der Waals surface area contributed by atoms with Gasteiger partial charge in [-0.25, -0.2) is 0 Å². The van der Waals surface area contributed by atoms with Gasteiger partial charge in [-0.1, -0.05) is 0 Å². The van der Waals surface area contributed by atoms with Crippen LogP contribution in [0.25, 0.3) is 0 Å². The molecule has 156 valence electrons. The van der Waals surface area contributed by atoms with E-state index in [-0.39, 0.29) is 29.1 Å². The molecule has 0 spiro atoms. The minimum atomic E-state index is -0.143. The highest BCUT2D eigenvalue weighted by molar-refractivity contribution is 5.84. The average Bonchev–Trinajstić information content (AvgIpc) is 2.67. The van der Waals surface area contributed by atoms with Crippen LogP contribution in [0.1, 0.15) is 64.7 Å². The fourth-order valence-corrected chi connectivity index (χ4v) is 6.64. The number of carbonyl (C=O) groups is 3. The Balaban J connectivity index is 1.20. The fourth-order valence-electron chi connectivity index (χ4n) is 6.64. The number of rotatable bonds is 6. The van der Waals surface area contributed by atoms with Crippen LogP contribution in [0.15, 0.2) is 0 Å². The Morgan fingerprint density at radius 3 is 2.11 bits per heavy atom. The maximum atomic E-state index is 12.9. The minimum Gasteiger partial charge on any atom is -0.466 e. The Morgan fingerprint density at radius 1 is 1.00 bits per heavy atom. The first-order valence-corrected chi connectivity index (χ1v) is 11.2. The third-order valence-electron chi connectivity index (χ3n) is 7.61. The maximum absolute atomic E-state index is 12.9. The molecule has 4 aliphatic carbocycles. The Morgan fingerprint density at radius 2 is 1.57 bits per heavy atom. The van der Waals surface area contributed by atoms with Crippen molar-refractivity contribution in [3.8, 4) is 0 Å². The fraction of sp³-hybridized carbons (Fsp3) is 0.864. The lowest BCUT2D eigenvalue weighted by atomic mass is 9.49. The predicted octanol–water partition coefficient (Wildman–Crippen LogP) is 2.51. The van der Waals surface area contributed by atoms with Crippen molar-refractivity contribution in [2.24, 2.45) is 29.1 Å². The lowest BCUT2D eigenvalue weighted by Gasteiger charge is -2.55. The molecule has 0 atom stereocenters. The normalized spacial score (nSPS) is 34.3. The SMILES string of the molecule is CCOC(=O)C1CCN(C(=O)CCNC(=O)C23CC4CC(CC(C4)C2)C3)CC1. The van der Waals surface area contributed by atoms with Gasteiger partial charge in [-0.3, -0.25) is 14.4 Å². The van der Waals surface area contributed by atoms with Crippen molar-refractivity contribution in [3.63, 3.8) is 0 Å². The van der Waals surface area contributed by atoms with E-state index in [9.17, 15) is 14.4 Å². The van der Waals surface area contributed by atoms with Gasteiger partial charge in [0, 0.05) is 31.5 Å². The highest BCUT2D eigenvalue weighted by Gasteiger charge is 2.54. The summed E-state index contributed by atoms with van der Waals surface area (Å²) in [6.07, 6.45) is 8.84. The molecule has 1 heterocycles. The monoisotopic (exact) mass is 390 g/mol. The molecule has 5 fully saturated rings. The molecule has 0 aromatic carbocycles. The van der Waals surface area contributed by atoms with Crippen LogP contribution < -0.4 is 5.32 Å². The van der Waals surface area contributed by atoms with Crippen LogP contribution >= 0.6 is 0 Å². The number of piperidine rings is 1. The summed E-state index contributed by atoms with van der Waals surface area (Å²) in [5, 5.41) is 3.09. The molecule has 0 unspecified atom stereocenters. The first-order chi connectivity index (χ1) is 13.5. The summed E-state index contributed by atoms with van der Waals surface area (Å²) in [4.78, 5) is 39.1. The van der Waals surface area contributed by atoms with E-state index in [2.05, 4.69) is 5.32 Å². The van der Waals surface area contributed by atoms with Crippen LogP contribution in [0.5, 0.6) is 0 Å². The van der Waals surface area contributed by atoms with E-state index in [1.807, 2.05) is 11.8 Å². The van der Waals surface area contributed by atoms with Gasteiger partial charge in [-0.2, -0.15) is 0 Å². The minimum absolute atomic E-state index is 0.0770. The predicted molar refractivity (Wildman–Crippen MR) is 104 cm³/mol. The highest BCUT2D eigenvalue weighted by Crippen LogP contribution is 2.60. The smallest absolute Gasteiger partial charge is 0.309 e. The quantitative estimate of drug-likeness (QED) is 0.707. The summed E-state index contributed by atoms with van der Waals surface area (Å²) in [6, 6.07) is 0. The average molecular weight is 391 g/mol. The second-order valence-electron chi connectivity index (χ2n) is 9.61. The molecule has 5 rings (SSSR count). The van der Waals surface area contributed by atoms with E-state index in [0.29, 0.717) is 45.5 Å². The summed E-state index contributed by atoms with van der Waals surface area (Å²) >= 11 is 0. The van der Waals surface area contributed by atoms with E-state index in [1.54, 1.807) is 0 Å². The Kier molecular flexibility index (Phi) is 5.66. The van der Waals surface area contributed by atoms with Crippen molar-refractivity contribution in [2.75, 3.05) is 26.2 Å². The second-order valence-corrected chi connectivity index (χ2v) is 9.61. The van der Waals surface area contributed by atoms with Crippen LogP contribution in [0.4, 0.5) is 0 Å². The number of amides is 2. The van der Waals surface area contributed by atoms with Crippen molar-refractivity contribution in [2.45, 2.75) is 64.7 Å². The molecule has 4 saturated carbocycles. The standard InChI is InChI=1S/C22H34N2O4/c1-2-28-20(26)18-4-7-24(8-5-18)19(25)3-6-23-21(27)22-12-15-9-16(13-22)11-17(10-15)14-22/h15-18H,2-14H2,1H3,(H,23,27). The maximum Gasteiger partial charge on any atom is 0.309 e. The summed E-state index contributed by atoms with van der Waals surface area (Å²) in [6.45, 7) is 3.85. The molecule has 5 aliphatic rings. The van der Waals surface area contributed by atoms with Gasteiger partial charge in [0.2, 0.25) is 11.8 Å². The van der Waals surface area contributed by atoms with Crippen molar-refractivity contribution >= 4 is 17.8 Å². The summed E-state index contributed by atoms with van der Waals surface area (Å²) in [5.41, 5.74) is -0.143. The third kappa shape index (κ3) is 3.92. The molecule has 1 saturated heterocycles. The van der Waals surface area contributed by atoms with E-state index < -0.39 is 0 Å².